The highest BCUT2D eigenvalue weighted by Crippen LogP contribution is 2.27. The normalized spacial score (nSPS) is 17.4. The summed E-state index contributed by atoms with van der Waals surface area (Å²) >= 11 is 7.60. The van der Waals surface area contributed by atoms with Crippen LogP contribution in [-0.4, -0.2) is 6.54 Å². The van der Waals surface area contributed by atoms with Crippen molar-refractivity contribution < 1.29 is 0 Å². The highest BCUT2D eigenvalue weighted by molar-refractivity contribution is 7.10. The number of nitrogens with one attached hydrogen (secondary N) is 1. The molecule has 0 atom stereocenters. The Balaban J connectivity index is 1.58. The Morgan fingerprint density at radius 1 is 1.40 bits per heavy atom. The summed E-state index contributed by atoms with van der Waals surface area (Å²) in [6.45, 7) is 2.13. The largest absolute Gasteiger partial charge is 0.312 e. The van der Waals surface area contributed by atoms with Crippen LogP contribution in [0.5, 0.6) is 0 Å². The van der Waals surface area contributed by atoms with Gasteiger partial charge in [-0.3, -0.25) is 0 Å². The summed E-state index contributed by atoms with van der Waals surface area (Å²) in [7, 11) is 0. The van der Waals surface area contributed by atoms with Crippen LogP contribution >= 0.6 is 22.9 Å². The maximum atomic E-state index is 5.86. The van der Waals surface area contributed by atoms with Crippen LogP contribution in [-0.2, 0) is 6.54 Å². The van der Waals surface area contributed by atoms with Crippen molar-refractivity contribution >= 4 is 22.9 Å². The summed E-state index contributed by atoms with van der Waals surface area (Å²) in [5.74, 6) is 0.990. The first-order valence-electron chi connectivity index (χ1n) is 5.78. The molecular formula is C12H18ClNS. The first-order chi connectivity index (χ1) is 7.34. The first-order valence-corrected chi connectivity index (χ1v) is 7.04. The van der Waals surface area contributed by atoms with Gasteiger partial charge in [-0.05, 0) is 24.9 Å². The summed E-state index contributed by atoms with van der Waals surface area (Å²) in [5.41, 5.74) is 0. The molecular weight excluding hydrogens is 226 g/mol. The van der Waals surface area contributed by atoms with E-state index in [0.717, 1.165) is 24.0 Å². The van der Waals surface area contributed by atoms with Crippen molar-refractivity contribution in [2.45, 2.75) is 38.6 Å². The third kappa shape index (κ3) is 3.78. The minimum Gasteiger partial charge on any atom is -0.312 e. The predicted molar refractivity (Wildman–Crippen MR) is 67.6 cm³/mol. The van der Waals surface area contributed by atoms with Gasteiger partial charge in [0.15, 0.2) is 0 Å². The summed E-state index contributed by atoms with van der Waals surface area (Å²) in [6, 6.07) is 2.05. The lowest BCUT2D eigenvalue weighted by Gasteiger charge is -2.08. The zero-order valence-electron chi connectivity index (χ0n) is 8.97. The minimum absolute atomic E-state index is 0.868. The van der Waals surface area contributed by atoms with Crippen molar-refractivity contribution in [1.29, 1.82) is 0 Å². The van der Waals surface area contributed by atoms with Crippen LogP contribution < -0.4 is 5.32 Å². The van der Waals surface area contributed by atoms with Crippen molar-refractivity contribution in [3.8, 4) is 0 Å². The molecule has 84 valence electrons. The third-order valence-corrected chi connectivity index (χ3v) is 4.41. The van der Waals surface area contributed by atoms with E-state index in [1.807, 2.05) is 5.38 Å². The van der Waals surface area contributed by atoms with Crippen molar-refractivity contribution in [3.05, 3.63) is 21.3 Å². The Morgan fingerprint density at radius 2 is 2.20 bits per heavy atom. The van der Waals surface area contributed by atoms with Gasteiger partial charge >= 0.3 is 0 Å². The van der Waals surface area contributed by atoms with Gasteiger partial charge < -0.3 is 5.32 Å². The van der Waals surface area contributed by atoms with Crippen LogP contribution in [0.4, 0.5) is 0 Å². The molecule has 0 aliphatic heterocycles. The quantitative estimate of drug-likeness (QED) is 0.769. The van der Waals surface area contributed by atoms with Crippen LogP contribution in [0.25, 0.3) is 0 Å². The van der Waals surface area contributed by atoms with E-state index >= 15 is 0 Å². The van der Waals surface area contributed by atoms with Gasteiger partial charge in [0.05, 0.1) is 5.02 Å². The molecule has 0 radical (unpaired) electrons. The molecule has 2 rings (SSSR count). The molecule has 1 aliphatic rings. The summed E-state index contributed by atoms with van der Waals surface area (Å²) < 4.78 is 0. The van der Waals surface area contributed by atoms with Gasteiger partial charge in [-0.15, -0.1) is 11.3 Å². The molecule has 1 saturated carbocycles. The fourth-order valence-corrected chi connectivity index (χ4v) is 3.31. The summed E-state index contributed by atoms with van der Waals surface area (Å²) in [5, 5.41) is 6.36. The Morgan fingerprint density at radius 3 is 2.87 bits per heavy atom. The molecule has 1 aromatic heterocycles. The molecule has 1 nitrogen and oxygen atoms in total. The highest BCUT2D eigenvalue weighted by atomic mass is 35.5. The molecule has 3 heteroatoms. The number of thiophene rings is 1. The number of hydrogen-bond acceptors (Lipinski definition) is 2. The molecule has 0 bridgehead atoms. The Labute approximate surface area is 101 Å². The second-order valence-corrected chi connectivity index (χ2v) is 5.78. The molecule has 0 saturated heterocycles. The van der Waals surface area contributed by atoms with E-state index in [2.05, 4.69) is 11.4 Å². The van der Waals surface area contributed by atoms with E-state index in [1.165, 1.54) is 37.0 Å². The zero-order chi connectivity index (χ0) is 10.5. The molecule has 1 aromatic rings. The molecule has 1 heterocycles. The lowest BCUT2D eigenvalue weighted by atomic mass is 10.0. The fourth-order valence-electron chi connectivity index (χ4n) is 2.26. The SMILES string of the molecule is Clc1csc(CNCCC2CCCC2)c1. The molecule has 1 aliphatic carbocycles. The molecule has 1 N–H and O–H groups in total. The van der Waals surface area contributed by atoms with Crippen LogP contribution in [0, 0.1) is 5.92 Å². The van der Waals surface area contributed by atoms with Gasteiger partial charge in [-0.1, -0.05) is 37.3 Å². The highest BCUT2D eigenvalue weighted by Gasteiger charge is 2.13. The van der Waals surface area contributed by atoms with Gasteiger partial charge in [0.2, 0.25) is 0 Å². The van der Waals surface area contributed by atoms with Crippen LogP contribution in [0.3, 0.4) is 0 Å². The average molecular weight is 244 g/mol. The van der Waals surface area contributed by atoms with Crippen molar-refractivity contribution in [2.24, 2.45) is 5.92 Å². The number of rotatable bonds is 5. The van der Waals surface area contributed by atoms with E-state index in [0.29, 0.717) is 0 Å². The van der Waals surface area contributed by atoms with E-state index in [9.17, 15) is 0 Å². The van der Waals surface area contributed by atoms with Crippen LogP contribution in [0.15, 0.2) is 11.4 Å². The van der Waals surface area contributed by atoms with E-state index in [-0.39, 0.29) is 0 Å². The Bertz CT molecular complexity index is 292. The van der Waals surface area contributed by atoms with E-state index < -0.39 is 0 Å². The number of hydrogen-bond donors (Lipinski definition) is 1. The molecule has 1 fully saturated rings. The molecule has 0 amide bonds. The molecule has 0 unspecified atom stereocenters. The molecule has 15 heavy (non-hydrogen) atoms. The average Bonchev–Trinajstić information content (AvgIpc) is 2.84. The molecule has 0 aromatic carbocycles. The summed E-state index contributed by atoms with van der Waals surface area (Å²) in [4.78, 5) is 1.34. The lowest BCUT2D eigenvalue weighted by molar-refractivity contribution is 0.478. The second-order valence-electron chi connectivity index (χ2n) is 4.35. The summed E-state index contributed by atoms with van der Waals surface area (Å²) in [6.07, 6.45) is 7.15. The predicted octanol–water partition coefficient (Wildman–Crippen LogP) is 4.07. The van der Waals surface area contributed by atoms with Crippen molar-refractivity contribution in [3.63, 3.8) is 0 Å². The van der Waals surface area contributed by atoms with Gasteiger partial charge in [-0.2, -0.15) is 0 Å². The maximum absolute atomic E-state index is 5.86. The van der Waals surface area contributed by atoms with Crippen LogP contribution in [0.2, 0.25) is 5.02 Å². The first kappa shape index (κ1) is 11.4. The monoisotopic (exact) mass is 243 g/mol. The zero-order valence-corrected chi connectivity index (χ0v) is 10.5. The van der Waals surface area contributed by atoms with Gasteiger partial charge in [-0.25, -0.2) is 0 Å². The standard InChI is InChI=1S/C12H18ClNS/c13-11-7-12(15-9-11)8-14-6-5-10-3-1-2-4-10/h7,9-10,14H,1-6,8H2. The smallest absolute Gasteiger partial charge is 0.0516 e. The van der Waals surface area contributed by atoms with Crippen LogP contribution in [0.1, 0.15) is 37.0 Å². The van der Waals surface area contributed by atoms with Gasteiger partial charge in [0.1, 0.15) is 0 Å². The topological polar surface area (TPSA) is 12.0 Å². The minimum atomic E-state index is 0.868. The van der Waals surface area contributed by atoms with E-state index in [1.54, 1.807) is 11.3 Å². The van der Waals surface area contributed by atoms with Gasteiger partial charge in [0, 0.05) is 16.8 Å². The fraction of sp³-hybridized carbons (Fsp3) is 0.667. The van der Waals surface area contributed by atoms with Crippen molar-refractivity contribution in [2.75, 3.05) is 6.54 Å². The second kappa shape index (κ2) is 5.88. The molecule has 0 spiro atoms. The van der Waals surface area contributed by atoms with E-state index in [4.69, 9.17) is 11.6 Å². The number of halogens is 1. The van der Waals surface area contributed by atoms with Crippen molar-refractivity contribution in [1.82, 2.24) is 5.32 Å². The Hall–Kier alpha value is -0.0500. The third-order valence-electron chi connectivity index (χ3n) is 3.13. The van der Waals surface area contributed by atoms with Gasteiger partial charge in [0.25, 0.3) is 0 Å². The Kier molecular flexibility index (Phi) is 4.48. The lowest BCUT2D eigenvalue weighted by Crippen LogP contribution is -2.16. The maximum Gasteiger partial charge on any atom is 0.0516 e.